The molecular weight excluding hydrogens is 318 g/mol. The predicted octanol–water partition coefficient (Wildman–Crippen LogP) is 1.55. The Hall–Kier alpha value is -0.430. The lowest BCUT2D eigenvalue weighted by Crippen LogP contribution is -2.45. The Kier molecular flexibility index (Phi) is 5.17. The average Bonchev–Trinajstić information content (AvgIpc) is 2.36. The van der Waals surface area contributed by atoms with Gasteiger partial charge < -0.3 is 10.2 Å². The van der Waals surface area contributed by atoms with Crippen molar-refractivity contribution in [3.8, 4) is 0 Å². The minimum atomic E-state index is 0.264. The van der Waals surface area contributed by atoms with Crippen LogP contribution >= 0.6 is 27.5 Å². The van der Waals surface area contributed by atoms with Gasteiger partial charge in [-0.2, -0.15) is 4.98 Å². The van der Waals surface area contributed by atoms with Crippen LogP contribution in [0, 0.1) is 0 Å². The van der Waals surface area contributed by atoms with Crippen LogP contribution < -0.4 is 5.32 Å². The molecule has 1 aromatic rings. The van der Waals surface area contributed by atoms with Crippen LogP contribution in [0.5, 0.6) is 0 Å². The summed E-state index contributed by atoms with van der Waals surface area (Å²) in [5.74, 6) is 0.754. The molecule has 0 saturated carbocycles. The average molecular weight is 335 g/mol. The highest BCUT2D eigenvalue weighted by molar-refractivity contribution is 9.10. The lowest BCUT2D eigenvalue weighted by atomic mass is 10.3. The monoisotopic (exact) mass is 333 g/mol. The van der Waals surface area contributed by atoms with Gasteiger partial charge in [-0.3, -0.25) is 4.90 Å². The predicted molar refractivity (Wildman–Crippen MR) is 77.2 cm³/mol. The summed E-state index contributed by atoms with van der Waals surface area (Å²) < 4.78 is 0.838. The molecule has 0 unspecified atom stereocenters. The largest absolute Gasteiger partial charge is 0.368 e. The number of halogens is 2. The van der Waals surface area contributed by atoms with E-state index < -0.39 is 0 Å². The molecule has 0 bridgehead atoms. The number of likely N-dealkylation sites (N-methyl/N-ethyl adjacent to an activating group) is 1. The summed E-state index contributed by atoms with van der Waals surface area (Å²) in [4.78, 5) is 12.8. The minimum Gasteiger partial charge on any atom is -0.368 e. The molecule has 2 rings (SSSR count). The maximum Gasteiger partial charge on any atom is 0.224 e. The molecule has 0 atom stereocenters. The molecule has 0 aliphatic carbocycles. The molecule has 18 heavy (non-hydrogen) atoms. The standard InChI is InChI=1S/C11H17BrClN5/c1-17-4-6-18(7-5-17)3-2-14-10-9(12)8-15-11(13)16-10/h8H,2-7H2,1H3,(H,14,15,16). The van der Waals surface area contributed by atoms with E-state index in [-0.39, 0.29) is 5.28 Å². The molecule has 0 radical (unpaired) electrons. The Bertz CT molecular complexity index is 395. The zero-order valence-corrected chi connectivity index (χ0v) is 12.7. The highest BCUT2D eigenvalue weighted by atomic mass is 79.9. The smallest absolute Gasteiger partial charge is 0.224 e. The van der Waals surface area contributed by atoms with Gasteiger partial charge >= 0.3 is 0 Å². The van der Waals surface area contributed by atoms with Crippen molar-refractivity contribution < 1.29 is 0 Å². The number of rotatable bonds is 4. The lowest BCUT2D eigenvalue weighted by Gasteiger charge is -2.32. The minimum absolute atomic E-state index is 0.264. The molecule has 7 heteroatoms. The molecule has 2 heterocycles. The van der Waals surface area contributed by atoms with E-state index in [0.717, 1.165) is 49.6 Å². The van der Waals surface area contributed by atoms with Gasteiger partial charge in [0.1, 0.15) is 5.82 Å². The fourth-order valence-corrected chi connectivity index (χ4v) is 2.34. The van der Waals surface area contributed by atoms with E-state index in [9.17, 15) is 0 Å². The van der Waals surface area contributed by atoms with Crippen molar-refractivity contribution in [1.82, 2.24) is 19.8 Å². The Morgan fingerprint density at radius 2 is 2.11 bits per heavy atom. The molecular formula is C11H17BrClN5. The van der Waals surface area contributed by atoms with Gasteiger partial charge in [0, 0.05) is 45.5 Å². The fourth-order valence-electron chi connectivity index (χ4n) is 1.87. The molecule has 1 aliphatic heterocycles. The van der Waals surface area contributed by atoms with Crippen molar-refractivity contribution >= 4 is 33.3 Å². The SMILES string of the molecule is CN1CCN(CCNc2nc(Cl)ncc2Br)CC1. The molecule has 0 aromatic carbocycles. The number of nitrogens with zero attached hydrogens (tertiary/aromatic N) is 4. The second-order valence-corrected chi connectivity index (χ2v) is 5.60. The molecule has 1 fully saturated rings. The van der Waals surface area contributed by atoms with Crippen LogP contribution in [-0.2, 0) is 0 Å². The zero-order chi connectivity index (χ0) is 13.0. The van der Waals surface area contributed by atoms with Gasteiger partial charge in [0.2, 0.25) is 5.28 Å². The summed E-state index contributed by atoms with van der Waals surface area (Å²) >= 11 is 9.16. The van der Waals surface area contributed by atoms with Crippen LogP contribution in [0.15, 0.2) is 10.7 Å². The van der Waals surface area contributed by atoms with E-state index >= 15 is 0 Å². The van der Waals surface area contributed by atoms with Crippen molar-refractivity contribution in [3.63, 3.8) is 0 Å². The Morgan fingerprint density at radius 3 is 2.83 bits per heavy atom. The van der Waals surface area contributed by atoms with Crippen molar-refractivity contribution in [2.45, 2.75) is 0 Å². The van der Waals surface area contributed by atoms with E-state index in [2.05, 4.69) is 48.1 Å². The van der Waals surface area contributed by atoms with E-state index in [0.29, 0.717) is 0 Å². The molecule has 1 aliphatic rings. The first-order valence-electron chi connectivity index (χ1n) is 5.98. The molecule has 1 aromatic heterocycles. The highest BCUT2D eigenvalue weighted by Gasteiger charge is 2.13. The Balaban J connectivity index is 1.76. The van der Waals surface area contributed by atoms with Crippen LogP contribution in [0.4, 0.5) is 5.82 Å². The topological polar surface area (TPSA) is 44.3 Å². The van der Waals surface area contributed by atoms with E-state index in [4.69, 9.17) is 11.6 Å². The Morgan fingerprint density at radius 1 is 1.39 bits per heavy atom. The zero-order valence-electron chi connectivity index (χ0n) is 10.4. The highest BCUT2D eigenvalue weighted by Crippen LogP contribution is 2.19. The van der Waals surface area contributed by atoms with Gasteiger partial charge in [-0.25, -0.2) is 4.98 Å². The van der Waals surface area contributed by atoms with Crippen LogP contribution in [0.25, 0.3) is 0 Å². The molecule has 1 N–H and O–H groups in total. The van der Waals surface area contributed by atoms with E-state index in [1.165, 1.54) is 0 Å². The molecule has 5 nitrogen and oxygen atoms in total. The summed E-state index contributed by atoms with van der Waals surface area (Å²) in [5.41, 5.74) is 0. The third kappa shape index (κ3) is 4.05. The van der Waals surface area contributed by atoms with E-state index in [1.54, 1.807) is 6.20 Å². The number of piperazine rings is 1. The van der Waals surface area contributed by atoms with Gasteiger partial charge in [0.05, 0.1) is 4.47 Å². The normalized spacial score (nSPS) is 17.9. The molecule has 1 saturated heterocycles. The third-order valence-corrected chi connectivity index (χ3v) is 3.79. The number of hydrogen-bond donors (Lipinski definition) is 1. The second kappa shape index (κ2) is 6.65. The number of hydrogen-bond acceptors (Lipinski definition) is 5. The number of aromatic nitrogens is 2. The Labute approximate surface area is 121 Å². The van der Waals surface area contributed by atoms with Crippen LogP contribution in [0.1, 0.15) is 0 Å². The summed E-state index contributed by atoms with van der Waals surface area (Å²) in [6, 6.07) is 0. The first-order chi connectivity index (χ1) is 8.65. The maximum atomic E-state index is 5.76. The van der Waals surface area contributed by atoms with E-state index in [1.807, 2.05) is 0 Å². The van der Waals surface area contributed by atoms with Gasteiger partial charge in [0.25, 0.3) is 0 Å². The van der Waals surface area contributed by atoms with Crippen LogP contribution in [0.3, 0.4) is 0 Å². The van der Waals surface area contributed by atoms with Crippen molar-refractivity contribution in [2.24, 2.45) is 0 Å². The lowest BCUT2D eigenvalue weighted by molar-refractivity contribution is 0.158. The summed E-state index contributed by atoms with van der Waals surface area (Å²) in [5, 5.41) is 3.54. The van der Waals surface area contributed by atoms with Crippen molar-refractivity contribution in [3.05, 3.63) is 16.0 Å². The first kappa shape index (κ1) is 14.0. The van der Waals surface area contributed by atoms with Crippen molar-refractivity contribution in [1.29, 1.82) is 0 Å². The quantitative estimate of drug-likeness (QED) is 0.847. The molecule has 100 valence electrons. The summed E-state index contributed by atoms with van der Waals surface area (Å²) in [7, 11) is 2.16. The van der Waals surface area contributed by atoms with Crippen molar-refractivity contribution in [2.75, 3.05) is 51.6 Å². The first-order valence-corrected chi connectivity index (χ1v) is 7.15. The maximum absolute atomic E-state index is 5.76. The van der Waals surface area contributed by atoms with Crippen LogP contribution in [0.2, 0.25) is 5.28 Å². The fraction of sp³-hybridized carbons (Fsp3) is 0.636. The van der Waals surface area contributed by atoms with Gasteiger partial charge in [-0.15, -0.1) is 0 Å². The van der Waals surface area contributed by atoms with Gasteiger partial charge in [0.15, 0.2) is 0 Å². The number of nitrogens with one attached hydrogen (secondary N) is 1. The van der Waals surface area contributed by atoms with Crippen LogP contribution in [-0.4, -0.2) is 66.1 Å². The second-order valence-electron chi connectivity index (χ2n) is 4.41. The summed E-state index contributed by atoms with van der Waals surface area (Å²) in [6.07, 6.45) is 1.66. The van der Waals surface area contributed by atoms with Gasteiger partial charge in [-0.05, 0) is 34.6 Å². The van der Waals surface area contributed by atoms with Gasteiger partial charge in [-0.1, -0.05) is 0 Å². The number of anilines is 1. The molecule has 0 spiro atoms. The summed E-state index contributed by atoms with van der Waals surface area (Å²) in [6.45, 7) is 6.41. The molecule has 0 amide bonds. The third-order valence-electron chi connectivity index (χ3n) is 3.03.